The van der Waals surface area contributed by atoms with E-state index in [9.17, 15) is 4.79 Å². The first kappa shape index (κ1) is 13.5. The summed E-state index contributed by atoms with van der Waals surface area (Å²) in [6.07, 6.45) is 2.52. The second-order valence-electron chi connectivity index (χ2n) is 4.50. The molecule has 2 aromatic rings. The minimum absolute atomic E-state index is 0.225. The molecule has 0 aliphatic heterocycles. The molecule has 6 nitrogen and oxygen atoms in total. The first-order chi connectivity index (χ1) is 9.16. The van der Waals surface area contributed by atoms with E-state index in [2.05, 4.69) is 20.3 Å². The van der Waals surface area contributed by atoms with Crippen LogP contribution in [-0.2, 0) is 4.74 Å². The molecule has 102 valence electrons. The van der Waals surface area contributed by atoms with Gasteiger partial charge in [-0.1, -0.05) is 0 Å². The van der Waals surface area contributed by atoms with Gasteiger partial charge in [-0.15, -0.1) is 0 Å². The average Bonchev–Trinajstić information content (AvgIpc) is 2.39. The molecule has 2 aromatic heterocycles. The van der Waals surface area contributed by atoms with Gasteiger partial charge in [-0.3, -0.25) is 4.79 Å². The van der Waals surface area contributed by atoms with E-state index in [1.807, 2.05) is 19.9 Å². The number of hydrogen-bond donors (Lipinski definition) is 2. The maximum Gasteiger partial charge on any atom is 0.277 e. The number of pyridine rings is 1. The van der Waals surface area contributed by atoms with Gasteiger partial charge in [0, 0.05) is 13.2 Å². The van der Waals surface area contributed by atoms with Crippen molar-refractivity contribution in [1.82, 2.24) is 15.0 Å². The lowest BCUT2D eigenvalue weighted by Crippen LogP contribution is -2.12. The number of nitrogens with zero attached hydrogens (tertiary/aromatic N) is 2. The fourth-order valence-electron chi connectivity index (χ4n) is 1.66. The van der Waals surface area contributed by atoms with E-state index in [1.165, 1.54) is 6.33 Å². The van der Waals surface area contributed by atoms with Gasteiger partial charge in [0.15, 0.2) is 5.52 Å². The molecule has 0 saturated carbocycles. The summed E-state index contributed by atoms with van der Waals surface area (Å²) in [4.78, 5) is 22.4. The standard InChI is InChI=1S/C13H18N4O2/c1-9(2)19-7-3-6-14-11-5-4-10-12(17-11)13(18)16-8-15-10/h4-5,8-9H,3,6-7H2,1-2H3,(H,14,17)(H,15,16,18). The Balaban J connectivity index is 1.94. The van der Waals surface area contributed by atoms with Crippen molar-refractivity contribution in [2.45, 2.75) is 26.4 Å². The summed E-state index contributed by atoms with van der Waals surface area (Å²) in [7, 11) is 0. The van der Waals surface area contributed by atoms with Crippen molar-refractivity contribution in [3.63, 3.8) is 0 Å². The highest BCUT2D eigenvalue weighted by molar-refractivity contribution is 5.74. The van der Waals surface area contributed by atoms with Crippen molar-refractivity contribution in [2.24, 2.45) is 0 Å². The zero-order valence-corrected chi connectivity index (χ0v) is 11.1. The van der Waals surface area contributed by atoms with Crippen LogP contribution in [-0.4, -0.2) is 34.2 Å². The van der Waals surface area contributed by atoms with E-state index in [0.29, 0.717) is 23.5 Å². The monoisotopic (exact) mass is 262 g/mol. The normalized spacial score (nSPS) is 11.1. The molecule has 2 N–H and O–H groups in total. The fourth-order valence-corrected chi connectivity index (χ4v) is 1.66. The highest BCUT2D eigenvalue weighted by atomic mass is 16.5. The Morgan fingerprint density at radius 2 is 2.26 bits per heavy atom. The smallest absolute Gasteiger partial charge is 0.277 e. The third-order valence-corrected chi connectivity index (χ3v) is 2.57. The van der Waals surface area contributed by atoms with Crippen molar-refractivity contribution >= 4 is 16.9 Å². The van der Waals surface area contributed by atoms with Gasteiger partial charge in [-0.25, -0.2) is 9.97 Å². The van der Waals surface area contributed by atoms with Crippen LogP contribution in [0.1, 0.15) is 20.3 Å². The van der Waals surface area contributed by atoms with Crippen LogP contribution in [0.3, 0.4) is 0 Å². The van der Waals surface area contributed by atoms with E-state index in [0.717, 1.165) is 13.0 Å². The Kier molecular flexibility index (Phi) is 4.46. The third kappa shape index (κ3) is 3.75. The lowest BCUT2D eigenvalue weighted by atomic mass is 10.3. The Morgan fingerprint density at radius 3 is 3.05 bits per heavy atom. The van der Waals surface area contributed by atoms with Gasteiger partial charge in [0.1, 0.15) is 5.82 Å². The highest BCUT2D eigenvalue weighted by Crippen LogP contribution is 2.08. The van der Waals surface area contributed by atoms with Crippen molar-refractivity contribution < 1.29 is 4.74 Å². The summed E-state index contributed by atoms with van der Waals surface area (Å²) in [5.41, 5.74) is 0.722. The topological polar surface area (TPSA) is 79.9 Å². The molecule has 0 radical (unpaired) electrons. The van der Waals surface area contributed by atoms with Crippen LogP contribution >= 0.6 is 0 Å². The number of aromatic nitrogens is 3. The van der Waals surface area contributed by atoms with Crippen LogP contribution in [0.4, 0.5) is 5.82 Å². The summed E-state index contributed by atoms with van der Waals surface area (Å²) in [6, 6.07) is 3.60. The minimum Gasteiger partial charge on any atom is -0.379 e. The summed E-state index contributed by atoms with van der Waals surface area (Å²) in [5.74, 6) is 0.676. The number of anilines is 1. The molecule has 0 atom stereocenters. The van der Waals surface area contributed by atoms with Gasteiger partial charge in [-0.05, 0) is 32.4 Å². The van der Waals surface area contributed by atoms with Gasteiger partial charge < -0.3 is 15.0 Å². The van der Waals surface area contributed by atoms with Crippen molar-refractivity contribution in [1.29, 1.82) is 0 Å². The number of aromatic amines is 1. The Bertz CT molecular complexity index is 594. The first-order valence-corrected chi connectivity index (χ1v) is 6.37. The van der Waals surface area contributed by atoms with Crippen LogP contribution in [0, 0.1) is 0 Å². The largest absolute Gasteiger partial charge is 0.379 e. The predicted octanol–water partition coefficient (Wildman–Crippen LogP) is 1.55. The van der Waals surface area contributed by atoms with Crippen LogP contribution in [0.25, 0.3) is 11.0 Å². The quantitative estimate of drug-likeness (QED) is 0.772. The minimum atomic E-state index is -0.225. The second kappa shape index (κ2) is 6.29. The molecule has 0 amide bonds. The molecular formula is C13H18N4O2. The molecule has 0 bridgehead atoms. The molecule has 0 saturated heterocycles. The average molecular weight is 262 g/mol. The maximum atomic E-state index is 11.6. The van der Waals surface area contributed by atoms with Gasteiger partial charge >= 0.3 is 0 Å². The lowest BCUT2D eigenvalue weighted by Gasteiger charge is -2.08. The summed E-state index contributed by atoms with van der Waals surface area (Å²) < 4.78 is 5.44. The number of H-pyrrole nitrogens is 1. The number of nitrogens with one attached hydrogen (secondary N) is 2. The van der Waals surface area contributed by atoms with E-state index >= 15 is 0 Å². The highest BCUT2D eigenvalue weighted by Gasteiger charge is 2.02. The molecule has 6 heteroatoms. The van der Waals surface area contributed by atoms with Gasteiger partial charge in [0.25, 0.3) is 5.56 Å². The first-order valence-electron chi connectivity index (χ1n) is 6.37. The van der Waals surface area contributed by atoms with Gasteiger partial charge in [0.05, 0.1) is 17.9 Å². The van der Waals surface area contributed by atoms with Gasteiger partial charge in [0.2, 0.25) is 0 Å². The lowest BCUT2D eigenvalue weighted by molar-refractivity contribution is 0.0787. The zero-order valence-electron chi connectivity index (χ0n) is 11.1. The molecule has 0 fully saturated rings. The fraction of sp³-hybridized carbons (Fsp3) is 0.462. The van der Waals surface area contributed by atoms with E-state index in [1.54, 1.807) is 6.07 Å². The van der Waals surface area contributed by atoms with Crippen molar-refractivity contribution in [3.05, 3.63) is 28.8 Å². The molecule has 2 heterocycles. The van der Waals surface area contributed by atoms with Crippen molar-refractivity contribution in [3.8, 4) is 0 Å². The van der Waals surface area contributed by atoms with Crippen LogP contribution in [0.2, 0.25) is 0 Å². The summed E-state index contributed by atoms with van der Waals surface area (Å²) in [5, 5.41) is 3.17. The summed E-state index contributed by atoms with van der Waals surface area (Å²) >= 11 is 0. The predicted molar refractivity (Wildman–Crippen MR) is 74.4 cm³/mol. The molecule has 19 heavy (non-hydrogen) atoms. The Morgan fingerprint density at radius 1 is 1.42 bits per heavy atom. The van der Waals surface area contributed by atoms with E-state index in [-0.39, 0.29) is 11.7 Å². The number of fused-ring (bicyclic) bond motifs is 1. The van der Waals surface area contributed by atoms with Crippen molar-refractivity contribution in [2.75, 3.05) is 18.5 Å². The second-order valence-corrected chi connectivity index (χ2v) is 4.50. The SMILES string of the molecule is CC(C)OCCCNc1ccc2nc[nH]c(=O)c2n1. The number of rotatable bonds is 6. The third-order valence-electron chi connectivity index (χ3n) is 2.57. The van der Waals surface area contributed by atoms with Gasteiger partial charge in [-0.2, -0.15) is 0 Å². The number of ether oxygens (including phenoxy) is 1. The number of hydrogen-bond acceptors (Lipinski definition) is 5. The van der Waals surface area contributed by atoms with Crippen LogP contribution in [0.5, 0.6) is 0 Å². The van der Waals surface area contributed by atoms with Crippen LogP contribution in [0.15, 0.2) is 23.3 Å². The Labute approximate surface area is 111 Å². The van der Waals surface area contributed by atoms with Crippen LogP contribution < -0.4 is 10.9 Å². The molecule has 0 unspecified atom stereocenters. The molecule has 0 aliphatic rings. The molecular weight excluding hydrogens is 244 g/mol. The Hall–Kier alpha value is -1.95. The molecule has 0 aliphatic carbocycles. The summed E-state index contributed by atoms with van der Waals surface area (Å²) in [6.45, 7) is 5.49. The molecule has 2 rings (SSSR count). The maximum absolute atomic E-state index is 11.6. The van der Waals surface area contributed by atoms with E-state index in [4.69, 9.17) is 4.74 Å². The van der Waals surface area contributed by atoms with E-state index < -0.39 is 0 Å². The molecule has 0 spiro atoms. The molecule has 0 aromatic carbocycles. The zero-order chi connectivity index (χ0) is 13.7.